The molecule has 0 aliphatic carbocycles. The first-order valence-corrected chi connectivity index (χ1v) is 4.99. The van der Waals surface area contributed by atoms with Gasteiger partial charge >= 0.3 is 5.97 Å². The standard InChI is InChI=1S/C12H11ClO2/c1-3-11(15-12(14)8-13)10-6-4-5-9(2)7-10/h1,4-7,11H,8H2,2H3/t11-/m0/s1. The number of carbonyl (C=O) groups excluding carboxylic acids is 1. The van der Waals surface area contributed by atoms with Gasteiger partial charge in [0.2, 0.25) is 0 Å². The first-order chi connectivity index (χ1) is 7.17. The summed E-state index contributed by atoms with van der Waals surface area (Å²) in [5.41, 5.74) is 1.85. The fraction of sp³-hybridized carbons (Fsp3) is 0.250. The third kappa shape index (κ3) is 3.30. The summed E-state index contributed by atoms with van der Waals surface area (Å²) in [5, 5.41) is 0. The molecule has 0 unspecified atom stereocenters. The van der Waals surface area contributed by atoms with Crippen molar-refractivity contribution in [1.29, 1.82) is 0 Å². The number of carbonyl (C=O) groups is 1. The first-order valence-electron chi connectivity index (χ1n) is 4.45. The monoisotopic (exact) mass is 222 g/mol. The van der Waals surface area contributed by atoms with Gasteiger partial charge in [0, 0.05) is 5.56 Å². The van der Waals surface area contributed by atoms with E-state index in [2.05, 4.69) is 5.92 Å². The Balaban J connectivity index is 2.84. The van der Waals surface area contributed by atoms with E-state index in [9.17, 15) is 4.79 Å². The van der Waals surface area contributed by atoms with Crippen molar-refractivity contribution in [3.63, 3.8) is 0 Å². The van der Waals surface area contributed by atoms with E-state index in [1.165, 1.54) is 0 Å². The molecule has 0 saturated heterocycles. The lowest BCUT2D eigenvalue weighted by atomic mass is 10.1. The van der Waals surface area contributed by atoms with Crippen LogP contribution in [0.15, 0.2) is 24.3 Å². The molecule has 0 saturated carbocycles. The number of benzene rings is 1. The van der Waals surface area contributed by atoms with Gasteiger partial charge in [0.25, 0.3) is 0 Å². The Morgan fingerprint density at radius 3 is 2.93 bits per heavy atom. The number of aryl methyl sites for hydroxylation is 1. The minimum absolute atomic E-state index is 0.190. The molecule has 0 heterocycles. The van der Waals surface area contributed by atoms with Crippen LogP contribution in [0.5, 0.6) is 0 Å². The second kappa shape index (κ2) is 5.43. The summed E-state index contributed by atoms with van der Waals surface area (Å²) in [6.07, 6.45) is 4.63. The normalized spacial score (nSPS) is 11.5. The number of hydrogen-bond donors (Lipinski definition) is 0. The third-order valence-electron chi connectivity index (χ3n) is 1.85. The fourth-order valence-electron chi connectivity index (χ4n) is 1.19. The third-order valence-corrected chi connectivity index (χ3v) is 2.07. The van der Waals surface area contributed by atoms with Crippen molar-refractivity contribution >= 4 is 17.6 Å². The minimum atomic E-state index is -0.656. The average Bonchev–Trinajstić information content (AvgIpc) is 2.25. The van der Waals surface area contributed by atoms with Crippen LogP contribution in [-0.4, -0.2) is 11.8 Å². The largest absolute Gasteiger partial charge is 0.443 e. The molecule has 0 N–H and O–H groups in total. The van der Waals surface area contributed by atoms with E-state index in [4.69, 9.17) is 22.8 Å². The highest BCUT2D eigenvalue weighted by Crippen LogP contribution is 2.17. The van der Waals surface area contributed by atoms with Crippen LogP contribution < -0.4 is 0 Å². The van der Waals surface area contributed by atoms with E-state index < -0.39 is 12.1 Å². The number of ether oxygens (including phenoxy) is 1. The Kier molecular flexibility index (Phi) is 4.20. The summed E-state index contributed by atoms with van der Waals surface area (Å²) < 4.78 is 4.98. The van der Waals surface area contributed by atoms with E-state index in [1.54, 1.807) is 0 Å². The van der Waals surface area contributed by atoms with Crippen molar-refractivity contribution < 1.29 is 9.53 Å². The molecular formula is C12H11ClO2. The van der Waals surface area contributed by atoms with Crippen molar-refractivity contribution in [2.24, 2.45) is 0 Å². The maximum absolute atomic E-state index is 11.0. The van der Waals surface area contributed by atoms with Gasteiger partial charge < -0.3 is 4.74 Å². The summed E-state index contributed by atoms with van der Waals surface area (Å²) >= 11 is 5.33. The van der Waals surface area contributed by atoms with E-state index in [1.807, 2.05) is 31.2 Å². The molecule has 0 aliphatic rings. The van der Waals surface area contributed by atoms with E-state index in [-0.39, 0.29) is 5.88 Å². The van der Waals surface area contributed by atoms with E-state index >= 15 is 0 Å². The number of halogens is 1. The molecule has 78 valence electrons. The van der Waals surface area contributed by atoms with Crippen LogP contribution >= 0.6 is 11.6 Å². The minimum Gasteiger partial charge on any atom is -0.443 e. The molecule has 0 fully saturated rings. The van der Waals surface area contributed by atoms with Gasteiger partial charge in [-0.2, -0.15) is 0 Å². The topological polar surface area (TPSA) is 26.3 Å². The summed E-state index contributed by atoms with van der Waals surface area (Å²) in [6, 6.07) is 7.51. The number of alkyl halides is 1. The molecule has 1 aromatic carbocycles. The maximum atomic E-state index is 11.0. The van der Waals surface area contributed by atoms with Gasteiger partial charge in [0.1, 0.15) is 5.88 Å². The van der Waals surface area contributed by atoms with Gasteiger partial charge in [0.05, 0.1) is 0 Å². The Morgan fingerprint density at radius 1 is 1.67 bits per heavy atom. The van der Waals surface area contributed by atoms with Crippen molar-refractivity contribution in [1.82, 2.24) is 0 Å². The summed E-state index contributed by atoms with van der Waals surface area (Å²) in [5.74, 6) is 1.71. The summed E-state index contributed by atoms with van der Waals surface area (Å²) in [7, 11) is 0. The molecule has 1 atom stereocenters. The second-order valence-corrected chi connectivity index (χ2v) is 3.35. The highest BCUT2D eigenvalue weighted by molar-refractivity contribution is 6.26. The van der Waals surface area contributed by atoms with E-state index in [0.29, 0.717) is 0 Å². The molecule has 1 aromatic rings. The molecular weight excluding hydrogens is 212 g/mol. The fourth-order valence-corrected chi connectivity index (χ4v) is 1.26. The van der Waals surface area contributed by atoms with Crippen molar-refractivity contribution in [2.45, 2.75) is 13.0 Å². The lowest BCUT2D eigenvalue weighted by molar-refractivity contribution is -0.143. The summed E-state index contributed by atoms with van der Waals surface area (Å²) in [6.45, 7) is 1.94. The molecule has 0 amide bonds. The van der Waals surface area contributed by atoms with Crippen molar-refractivity contribution in [2.75, 3.05) is 5.88 Å². The highest BCUT2D eigenvalue weighted by atomic mass is 35.5. The van der Waals surface area contributed by atoms with Gasteiger partial charge in [0.15, 0.2) is 6.10 Å². The maximum Gasteiger partial charge on any atom is 0.322 e. The predicted octanol–water partition coefficient (Wildman–Crippen LogP) is 2.45. The molecule has 0 aliphatic heterocycles. The smallest absolute Gasteiger partial charge is 0.322 e. The molecule has 3 heteroatoms. The molecule has 2 nitrogen and oxygen atoms in total. The molecule has 0 radical (unpaired) electrons. The van der Waals surface area contributed by atoms with Crippen LogP contribution in [0.3, 0.4) is 0 Å². The Morgan fingerprint density at radius 2 is 2.40 bits per heavy atom. The van der Waals surface area contributed by atoms with Crippen molar-refractivity contribution in [3.05, 3.63) is 35.4 Å². The zero-order valence-corrected chi connectivity index (χ0v) is 9.12. The van der Waals surface area contributed by atoms with Gasteiger partial charge in [-0.15, -0.1) is 18.0 Å². The number of esters is 1. The zero-order chi connectivity index (χ0) is 11.3. The average molecular weight is 223 g/mol. The lowest BCUT2D eigenvalue weighted by Gasteiger charge is -2.12. The molecule has 1 rings (SSSR count). The number of hydrogen-bond acceptors (Lipinski definition) is 2. The molecule has 15 heavy (non-hydrogen) atoms. The Labute approximate surface area is 94.2 Å². The predicted molar refractivity (Wildman–Crippen MR) is 59.6 cm³/mol. The van der Waals surface area contributed by atoms with Gasteiger partial charge in [-0.3, -0.25) is 4.79 Å². The van der Waals surface area contributed by atoms with Crippen LogP contribution in [0, 0.1) is 19.3 Å². The first kappa shape index (κ1) is 11.6. The highest BCUT2D eigenvalue weighted by Gasteiger charge is 2.12. The second-order valence-electron chi connectivity index (χ2n) is 3.08. The quantitative estimate of drug-likeness (QED) is 0.446. The number of rotatable bonds is 3. The van der Waals surface area contributed by atoms with E-state index in [0.717, 1.165) is 11.1 Å². The van der Waals surface area contributed by atoms with Crippen LogP contribution in [0.2, 0.25) is 0 Å². The SMILES string of the molecule is C#C[C@H](OC(=O)CCl)c1cccc(C)c1. The van der Waals surface area contributed by atoms with Crippen LogP contribution in [-0.2, 0) is 9.53 Å². The van der Waals surface area contributed by atoms with Gasteiger partial charge in [-0.05, 0) is 6.92 Å². The van der Waals surface area contributed by atoms with Crippen LogP contribution in [0.1, 0.15) is 17.2 Å². The van der Waals surface area contributed by atoms with Crippen molar-refractivity contribution in [3.8, 4) is 12.3 Å². The van der Waals surface area contributed by atoms with Gasteiger partial charge in [-0.1, -0.05) is 35.7 Å². The molecule has 0 bridgehead atoms. The van der Waals surface area contributed by atoms with Crippen LogP contribution in [0.4, 0.5) is 0 Å². The zero-order valence-electron chi connectivity index (χ0n) is 8.37. The van der Waals surface area contributed by atoms with Crippen LogP contribution in [0.25, 0.3) is 0 Å². The molecule has 0 spiro atoms. The molecule has 0 aromatic heterocycles. The summed E-state index contributed by atoms with van der Waals surface area (Å²) in [4.78, 5) is 11.0. The van der Waals surface area contributed by atoms with Gasteiger partial charge in [-0.25, -0.2) is 0 Å². The Hall–Kier alpha value is -1.46. The number of terminal acetylenes is 1. The lowest BCUT2D eigenvalue weighted by Crippen LogP contribution is -2.11. The Bertz CT molecular complexity index is 393.